The molecule has 2 aromatic heterocycles. The number of nitro benzene ring substituents is 1. The van der Waals surface area contributed by atoms with Gasteiger partial charge in [-0.15, -0.1) is 0 Å². The molecule has 3 aromatic rings. The first-order chi connectivity index (χ1) is 14.6. The average molecular weight is 407 g/mol. The van der Waals surface area contributed by atoms with Gasteiger partial charge in [-0.05, 0) is 24.5 Å². The SMILES string of the molecule is O=c1[nH]c(C2CCCCC2)nc2c1CN(Cc1c[nH]c3cccc([N+](=O)[O-])c13)CC2. The van der Waals surface area contributed by atoms with Gasteiger partial charge in [-0.1, -0.05) is 25.3 Å². The second-order valence-corrected chi connectivity index (χ2v) is 8.44. The number of benzene rings is 1. The van der Waals surface area contributed by atoms with Gasteiger partial charge in [-0.3, -0.25) is 19.8 Å². The Morgan fingerprint density at radius 2 is 2.07 bits per heavy atom. The standard InChI is InChI=1S/C22H25N5O3/c28-22-16-13-26(10-9-17(16)24-21(25-22)14-5-2-1-3-6-14)12-15-11-23-18-7-4-8-19(20(15)18)27(29)30/h4,7-8,11,14,23H,1-3,5-6,9-10,12-13H2,(H,24,25,28). The molecule has 1 aliphatic carbocycles. The van der Waals surface area contributed by atoms with Crippen molar-refractivity contribution in [3.05, 3.63) is 67.5 Å². The molecule has 0 bridgehead atoms. The maximum absolute atomic E-state index is 12.8. The summed E-state index contributed by atoms with van der Waals surface area (Å²) < 4.78 is 0. The molecular formula is C22H25N5O3. The first-order valence-electron chi connectivity index (χ1n) is 10.7. The van der Waals surface area contributed by atoms with Crippen molar-refractivity contribution in [2.75, 3.05) is 6.54 Å². The zero-order valence-electron chi connectivity index (χ0n) is 16.8. The number of fused-ring (bicyclic) bond motifs is 2. The van der Waals surface area contributed by atoms with Gasteiger partial charge in [-0.25, -0.2) is 4.98 Å². The molecule has 1 aromatic carbocycles. The smallest absolute Gasteiger partial charge is 0.279 e. The molecule has 2 aliphatic rings. The molecule has 156 valence electrons. The fourth-order valence-electron chi connectivity index (χ4n) is 4.96. The molecule has 0 spiro atoms. The van der Waals surface area contributed by atoms with Crippen molar-refractivity contribution in [3.8, 4) is 0 Å². The van der Waals surface area contributed by atoms with Crippen LogP contribution in [0.2, 0.25) is 0 Å². The zero-order valence-corrected chi connectivity index (χ0v) is 16.8. The highest BCUT2D eigenvalue weighted by Gasteiger charge is 2.26. The topological polar surface area (TPSA) is 108 Å². The Balaban J connectivity index is 1.40. The van der Waals surface area contributed by atoms with E-state index in [1.54, 1.807) is 6.07 Å². The van der Waals surface area contributed by atoms with Crippen LogP contribution in [-0.4, -0.2) is 31.3 Å². The summed E-state index contributed by atoms with van der Waals surface area (Å²) in [4.78, 5) is 37.1. The molecule has 2 N–H and O–H groups in total. The summed E-state index contributed by atoms with van der Waals surface area (Å²) in [6, 6.07) is 5.07. The molecule has 30 heavy (non-hydrogen) atoms. The summed E-state index contributed by atoms with van der Waals surface area (Å²) in [6.45, 7) is 1.84. The van der Waals surface area contributed by atoms with Crippen LogP contribution in [0, 0.1) is 10.1 Å². The van der Waals surface area contributed by atoms with Gasteiger partial charge >= 0.3 is 0 Å². The molecule has 0 atom stereocenters. The van der Waals surface area contributed by atoms with Crippen molar-refractivity contribution < 1.29 is 4.92 Å². The molecule has 0 radical (unpaired) electrons. The van der Waals surface area contributed by atoms with Gasteiger partial charge in [0.05, 0.1) is 27.1 Å². The molecule has 1 aliphatic heterocycles. The molecule has 0 amide bonds. The molecule has 8 heteroatoms. The van der Waals surface area contributed by atoms with Crippen LogP contribution in [0.3, 0.4) is 0 Å². The van der Waals surface area contributed by atoms with Crippen molar-refractivity contribution in [2.45, 2.75) is 57.5 Å². The second-order valence-electron chi connectivity index (χ2n) is 8.44. The van der Waals surface area contributed by atoms with E-state index in [2.05, 4.69) is 14.9 Å². The summed E-state index contributed by atoms with van der Waals surface area (Å²) in [7, 11) is 0. The molecule has 0 saturated heterocycles. The van der Waals surface area contributed by atoms with E-state index in [0.29, 0.717) is 24.4 Å². The van der Waals surface area contributed by atoms with E-state index in [-0.39, 0.29) is 16.2 Å². The molecule has 3 heterocycles. The molecular weight excluding hydrogens is 382 g/mol. The molecule has 5 rings (SSSR count). The van der Waals surface area contributed by atoms with Gasteiger partial charge in [0.2, 0.25) is 0 Å². The Morgan fingerprint density at radius 1 is 1.23 bits per heavy atom. The van der Waals surface area contributed by atoms with Crippen LogP contribution in [0.5, 0.6) is 0 Å². The van der Waals surface area contributed by atoms with Crippen molar-refractivity contribution >= 4 is 16.6 Å². The first kappa shape index (κ1) is 19.0. The van der Waals surface area contributed by atoms with Crippen LogP contribution < -0.4 is 5.56 Å². The second kappa shape index (κ2) is 7.68. The predicted octanol–water partition coefficient (Wildman–Crippen LogP) is 3.77. The summed E-state index contributed by atoms with van der Waals surface area (Å²) in [5.74, 6) is 1.24. The zero-order chi connectivity index (χ0) is 20.7. The minimum absolute atomic E-state index is 0.0322. The van der Waals surface area contributed by atoms with Crippen LogP contribution in [0.25, 0.3) is 10.9 Å². The van der Waals surface area contributed by atoms with E-state index in [1.165, 1.54) is 25.3 Å². The number of H-pyrrole nitrogens is 2. The van der Waals surface area contributed by atoms with Crippen molar-refractivity contribution in [2.24, 2.45) is 0 Å². The van der Waals surface area contributed by atoms with Crippen molar-refractivity contribution in [1.82, 2.24) is 19.9 Å². The van der Waals surface area contributed by atoms with E-state index in [4.69, 9.17) is 4.98 Å². The van der Waals surface area contributed by atoms with Crippen molar-refractivity contribution in [1.29, 1.82) is 0 Å². The number of nitrogens with zero attached hydrogens (tertiary/aromatic N) is 3. The molecule has 8 nitrogen and oxygen atoms in total. The third kappa shape index (κ3) is 3.41. The lowest BCUT2D eigenvalue weighted by Crippen LogP contribution is -2.36. The lowest BCUT2D eigenvalue weighted by atomic mass is 9.88. The Bertz CT molecular complexity index is 1160. The van der Waals surface area contributed by atoms with Crippen LogP contribution >= 0.6 is 0 Å². The molecule has 1 fully saturated rings. The Morgan fingerprint density at radius 3 is 2.87 bits per heavy atom. The number of nitro groups is 1. The highest BCUT2D eigenvalue weighted by Crippen LogP contribution is 2.32. The van der Waals surface area contributed by atoms with E-state index < -0.39 is 0 Å². The molecule has 1 saturated carbocycles. The largest absolute Gasteiger partial charge is 0.361 e. The number of nitrogens with one attached hydrogen (secondary N) is 2. The number of hydrogen-bond donors (Lipinski definition) is 2. The fraction of sp³-hybridized carbons (Fsp3) is 0.455. The van der Waals surface area contributed by atoms with Gasteiger partial charge in [0.25, 0.3) is 11.2 Å². The van der Waals surface area contributed by atoms with E-state index in [0.717, 1.165) is 54.0 Å². The average Bonchev–Trinajstić information content (AvgIpc) is 3.17. The van der Waals surface area contributed by atoms with E-state index in [1.807, 2.05) is 12.3 Å². The van der Waals surface area contributed by atoms with E-state index in [9.17, 15) is 14.9 Å². The Hall–Kier alpha value is -3.00. The predicted molar refractivity (Wildman–Crippen MR) is 113 cm³/mol. The maximum atomic E-state index is 12.8. The third-order valence-corrected chi connectivity index (χ3v) is 6.51. The van der Waals surface area contributed by atoms with Gasteiger partial charge in [0.15, 0.2) is 0 Å². The summed E-state index contributed by atoms with van der Waals surface area (Å²) in [6.07, 6.45) is 8.45. The summed E-state index contributed by atoms with van der Waals surface area (Å²) >= 11 is 0. The Labute approximate surface area is 173 Å². The lowest BCUT2D eigenvalue weighted by Gasteiger charge is -2.28. The van der Waals surface area contributed by atoms with E-state index >= 15 is 0 Å². The lowest BCUT2D eigenvalue weighted by molar-refractivity contribution is -0.383. The van der Waals surface area contributed by atoms with Crippen LogP contribution in [0.1, 0.15) is 60.7 Å². The van der Waals surface area contributed by atoms with Gasteiger partial charge < -0.3 is 9.97 Å². The minimum atomic E-state index is -0.341. The van der Waals surface area contributed by atoms with Crippen LogP contribution in [0.15, 0.2) is 29.2 Å². The normalized spacial score (nSPS) is 17.9. The number of aromatic amines is 2. The number of rotatable bonds is 4. The maximum Gasteiger partial charge on any atom is 0.279 e. The molecule has 0 unspecified atom stereocenters. The fourth-order valence-corrected chi connectivity index (χ4v) is 4.96. The Kier molecular flexibility index (Phi) is 4.86. The number of non-ortho nitro benzene ring substituents is 1. The van der Waals surface area contributed by atoms with Gasteiger partial charge in [-0.2, -0.15) is 0 Å². The minimum Gasteiger partial charge on any atom is -0.361 e. The van der Waals surface area contributed by atoms with Gasteiger partial charge in [0, 0.05) is 44.2 Å². The quantitative estimate of drug-likeness (QED) is 0.506. The highest BCUT2D eigenvalue weighted by atomic mass is 16.6. The first-order valence-corrected chi connectivity index (χ1v) is 10.7. The summed E-state index contributed by atoms with van der Waals surface area (Å²) in [5.41, 5.74) is 3.36. The van der Waals surface area contributed by atoms with Crippen molar-refractivity contribution in [3.63, 3.8) is 0 Å². The number of aromatic nitrogens is 3. The van der Waals surface area contributed by atoms with Gasteiger partial charge in [0.1, 0.15) is 5.82 Å². The third-order valence-electron chi connectivity index (χ3n) is 6.51. The van der Waals surface area contributed by atoms with Crippen LogP contribution in [0.4, 0.5) is 5.69 Å². The summed E-state index contributed by atoms with van der Waals surface area (Å²) in [5, 5.41) is 12.1. The highest BCUT2D eigenvalue weighted by molar-refractivity contribution is 5.91. The van der Waals surface area contributed by atoms with Crippen LogP contribution in [-0.2, 0) is 19.5 Å². The monoisotopic (exact) mass is 407 g/mol. The number of hydrogen-bond acceptors (Lipinski definition) is 5.